The largest absolute Gasteiger partial charge is 0.497 e. The minimum Gasteiger partial charge on any atom is -0.497 e. The van der Waals surface area contributed by atoms with Gasteiger partial charge < -0.3 is 10.1 Å². The predicted molar refractivity (Wildman–Crippen MR) is 97.5 cm³/mol. The SMILES string of the molecule is CCSC(=O)[C@@]1(C)[C@H]2CC[C@H](C(=O)C2)[C@@H]1Nc1ccc(OC)cc1. The van der Waals surface area contributed by atoms with E-state index in [0.29, 0.717) is 12.2 Å². The van der Waals surface area contributed by atoms with Gasteiger partial charge in [0.15, 0.2) is 5.12 Å². The highest BCUT2D eigenvalue weighted by Crippen LogP contribution is 2.53. The number of anilines is 1. The molecule has 1 N–H and O–H groups in total. The first-order valence-corrected chi connectivity index (χ1v) is 9.59. The van der Waals surface area contributed by atoms with E-state index in [-0.39, 0.29) is 23.0 Å². The molecule has 5 heteroatoms. The second-order valence-corrected chi connectivity index (χ2v) is 8.14. The van der Waals surface area contributed by atoms with E-state index in [1.165, 1.54) is 11.8 Å². The lowest BCUT2D eigenvalue weighted by atomic mass is 9.53. The molecule has 0 spiro atoms. The fourth-order valence-corrected chi connectivity index (χ4v) is 5.14. The van der Waals surface area contributed by atoms with Crippen molar-refractivity contribution in [2.75, 3.05) is 18.2 Å². The number of carbonyl (C=O) groups excluding carboxylic acids is 2. The Morgan fingerprint density at radius 2 is 2.04 bits per heavy atom. The fourth-order valence-electron chi connectivity index (χ4n) is 4.27. The van der Waals surface area contributed by atoms with E-state index in [1.54, 1.807) is 7.11 Å². The molecule has 1 aromatic carbocycles. The Kier molecular flexibility index (Phi) is 4.90. The highest BCUT2D eigenvalue weighted by Gasteiger charge is 2.58. The molecule has 0 aliphatic heterocycles. The lowest BCUT2D eigenvalue weighted by molar-refractivity contribution is -0.143. The first-order chi connectivity index (χ1) is 11.5. The number of rotatable bonds is 5. The summed E-state index contributed by atoms with van der Waals surface area (Å²) in [7, 11) is 1.64. The zero-order chi connectivity index (χ0) is 17.3. The minimum atomic E-state index is -0.489. The molecule has 0 radical (unpaired) electrons. The monoisotopic (exact) mass is 347 g/mol. The summed E-state index contributed by atoms with van der Waals surface area (Å²) in [6.07, 6.45) is 2.42. The average Bonchev–Trinajstić information content (AvgIpc) is 2.59. The molecule has 0 unspecified atom stereocenters. The number of hydrogen-bond acceptors (Lipinski definition) is 5. The van der Waals surface area contributed by atoms with Gasteiger partial charge in [0.1, 0.15) is 11.5 Å². The zero-order valence-electron chi connectivity index (χ0n) is 14.5. The Morgan fingerprint density at radius 1 is 1.33 bits per heavy atom. The van der Waals surface area contributed by atoms with Crippen LogP contribution in [0.2, 0.25) is 0 Å². The van der Waals surface area contributed by atoms with Gasteiger partial charge in [-0.05, 0) is 55.7 Å². The summed E-state index contributed by atoms with van der Waals surface area (Å²) in [6.45, 7) is 4.06. The van der Waals surface area contributed by atoms with Gasteiger partial charge >= 0.3 is 0 Å². The van der Waals surface area contributed by atoms with Crippen molar-refractivity contribution in [3.63, 3.8) is 0 Å². The molecule has 2 bridgehead atoms. The number of benzene rings is 1. The van der Waals surface area contributed by atoms with Crippen molar-refractivity contribution in [1.29, 1.82) is 0 Å². The Balaban J connectivity index is 1.91. The highest BCUT2D eigenvalue weighted by atomic mass is 32.2. The molecule has 0 heterocycles. The molecule has 3 fully saturated rings. The maximum atomic E-state index is 12.9. The van der Waals surface area contributed by atoms with Crippen molar-refractivity contribution in [3.8, 4) is 5.75 Å². The molecule has 0 saturated heterocycles. The van der Waals surface area contributed by atoms with Crippen LogP contribution in [-0.2, 0) is 9.59 Å². The van der Waals surface area contributed by atoms with Crippen LogP contribution in [0.15, 0.2) is 24.3 Å². The molecule has 24 heavy (non-hydrogen) atoms. The third kappa shape index (κ3) is 2.83. The van der Waals surface area contributed by atoms with Crippen LogP contribution in [0.5, 0.6) is 5.75 Å². The summed E-state index contributed by atoms with van der Waals surface area (Å²) in [6, 6.07) is 7.56. The van der Waals surface area contributed by atoms with Gasteiger partial charge in [-0.3, -0.25) is 9.59 Å². The molecule has 0 amide bonds. The molecule has 3 saturated carbocycles. The number of ketones is 1. The van der Waals surface area contributed by atoms with Crippen LogP contribution < -0.4 is 10.1 Å². The van der Waals surface area contributed by atoms with Crippen LogP contribution in [-0.4, -0.2) is 29.8 Å². The first-order valence-electron chi connectivity index (χ1n) is 8.61. The maximum Gasteiger partial charge on any atom is 0.197 e. The van der Waals surface area contributed by atoms with Gasteiger partial charge in [-0.2, -0.15) is 0 Å². The second-order valence-electron chi connectivity index (χ2n) is 6.90. The summed E-state index contributed by atoms with van der Waals surface area (Å²) < 4.78 is 5.20. The summed E-state index contributed by atoms with van der Waals surface area (Å²) in [5.74, 6) is 1.96. The van der Waals surface area contributed by atoms with Crippen LogP contribution in [0.1, 0.15) is 33.1 Å². The van der Waals surface area contributed by atoms with E-state index < -0.39 is 5.41 Å². The molecular formula is C19H25NO3S. The predicted octanol–water partition coefficient (Wildman–Crippen LogP) is 3.76. The van der Waals surface area contributed by atoms with E-state index in [0.717, 1.165) is 30.0 Å². The van der Waals surface area contributed by atoms with Gasteiger partial charge in [-0.15, -0.1) is 0 Å². The molecule has 4 rings (SSSR count). The molecule has 1 aromatic rings. The van der Waals surface area contributed by atoms with Crippen molar-refractivity contribution in [1.82, 2.24) is 0 Å². The second kappa shape index (κ2) is 6.79. The molecule has 4 nitrogen and oxygen atoms in total. The quantitative estimate of drug-likeness (QED) is 0.879. The first kappa shape index (κ1) is 17.3. The smallest absolute Gasteiger partial charge is 0.197 e. The van der Waals surface area contributed by atoms with Gasteiger partial charge in [-0.25, -0.2) is 0 Å². The topological polar surface area (TPSA) is 55.4 Å². The number of nitrogens with one attached hydrogen (secondary N) is 1. The number of thioether (sulfide) groups is 1. The van der Waals surface area contributed by atoms with Crippen molar-refractivity contribution < 1.29 is 14.3 Å². The van der Waals surface area contributed by atoms with E-state index >= 15 is 0 Å². The Labute approximate surface area is 147 Å². The molecule has 130 valence electrons. The standard InChI is InChI=1S/C19H25NO3S/c1-4-24-18(22)19(2)12-5-10-15(16(21)11-12)17(19)20-13-6-8-14(23-3)9-7-13/h6-9,12,15,17,20H,4-5,10-11H2,1-3H3/t12-,15+,17-,19-/m0/s1. The third-order valence-electron chi connectivity index (χ3n) is 5.71. The van der Waals surface area contributed by atoms with Gasteiger partial charge in [-0.1, -0.05) is 18.7 Å². The van der Waals surface area contributed by atoms with E-state index in [2.05, 4.69) is 12.2 Å². The number of carbonyl (C=O) groups is 2. The molecule has 3 aliphatic rings. The van der Waals surface area contributed by atoms with Gasteiger partial charge in [0, 0.05) is 24.1 Å². The van der Waals surface area contributed by atoms with E-state index in [1.807, 2.05) is 31.2 Å². The fraction of sp³-hybridized carbons (Fsp3) is 0.579. The third-order valence-corrected chi connectivity index (χ3v) is 6.70. The lowest BCUT2D eigenvalue weighted by Gasteiger charge is -2.54. The summed E-state index contributed by atoms with van der Waals surface area (Å²) in [5, 5.41) is 3.73. The average molecular weight is 347 g/mol. The number of Topliss-reactive ketones (excluding diaryl/α,β-unsaturated/α-hetero) is 1. The van der Waals surface area contributed by atoms with E-state index in [9.17, 15) is 9.59 Å². The summed E-state index contributed by atoms with van der Waals surface area (Å²) >= 11 is 1.39. The Hall–Kier alpha value is -1.49. The molecule has 3 aliphatic carbocycles. The number of ether oxygens (including phenoxy) is 1. The van der Waals surface area contributed by atoms with Crippen LogP contribution in [0, 0.1) is 17.3 Å². The molecular weight excluding hydrogens is 322 g/mol. The Morgan fingerprint density at radius 3 is 2.62 bits per heavy atom. The number of hydrogen-bond donors (Lipinski definition) is 1. The lowest BCUT2D eigenvalue weighted by Crippen LogP contribution is -2.61. The number of fused-ring (bicyclic) bond motifs is 3. The van der Waals surface area contributed by atoms with Crippen LogP contribution >= 0.6 is 11.8 Å². The zero-order valence-corrected chi connectivity index (χ0v) is 15.3. The number of methoxy groups -OCH3 is 1. The van der Waals surface area contributed by atoms with Crippen molar-refractivity contribution in [2.24, 2.45) is 17.3 Å². The minimum absolute atomic E-state index is 0.0662. The van der Waals surface area contributed by atoms with Gasteiger partial charge in [0.25, 0.3) is 0 Å². The molecule has 0 aromatic heterocycles. The van der Waals surface area contributed by atoms with Crippen LogP contribution in [0.3, 0.4) is 0 Å². The maximum absolute atomic E-state index is 12.9. The van der Waals surface area contributed by atoms with Gasteiger partial charge in [0.2, 0.25) is 0 Å². The van der Waals surface area contributed by atoms with Crippen molar-refractivity contribution in [3.05, 3.63) is 24.3 Å². The van der Waals surface area contributed by atoms with E-state index in [4.69, 9.17) is 4.74 Å². The van der Waals surface area contributed by atoms with Crippen LogP contribution in [0.25, 0.3) is 0 Å². The Bertz CT molecular complexity index is 630. The normalized spacial score (nSPS) is 31.8. The highest BCUT2D eigenvalue weighted by molar-refractivity contribution is 8.13. The molecule has 4 atom stereocenters. The van der Waals surface area contributed by atoms with Gasteiger partial charge in [0.05, 0.1) is 12.5 Å². The van der Waals surface area contributed by atoms with Crippen molar-refractivity contribution >= 4 is 28.3 Å². The summed E-state index contributed by atoms with van der Waals surface area (Å²) in [5.41, 5.74) is 0.443. The van der Waals surface area contributed by atoms with Crippen LogP contribution in [0.4, 0.5) is 5.69 Å². The van der Waals surface area contributed by atoms with Crippen molar-refractivity contribution in [2.45, 2.75) is 39.2 Å². The summed E-state index contributed by atoms with van der Waals surface area (Å²) in [4.78, 5) is 25.4.